The first kappa shape index (κ1) is 26.5. The van der Waals surface area contributed by atoms with Crippen molar-refractivity contribution in [3.63, 3.8) is 0 Å². The lowest BCUT2D eigenvalue weighted by atomic mass is 9.88. The second kappa shape index (κ2) is 10.5. The van der Waals surface area contributed by atoms with Gasteiger partial charge < -0.3 is 14.6 Å². The summed E-state index contributed by atoms with van der Waals surface area (Å²) in [5, 5.41) is 8.80. The molecule has 1 N–H and O–H groups in total. The lowest BCUT2D eigenvalue weighted by Crippen LogP contribution is -2.51. The van der Waals surface area contributed by atoms with Gasteiger partial charge in [0.2, 0.25) is 0 Å². The fourth-order valence-electron chi connectivity index (χ4n) is 4.09. The van der Waals surface area contributed by atoms with Crippen molar-refractivity contribution < 1.29 is 27.2 Å². The molecule has 194 valence electrons. The van der Waals surface area contributed by atoms with Crippen LogP contribution in [0.2, 0.25) is 5.02 Å². The molecule has 0 aliphatic rings. The van der Waals surface area contributed by atoms with E-state index in [4.69, 9.17) is 20.9 Å². The highest BCUT2D eigenvalue weighted by atomic mass is 35.5. The van der Waals surface area contributed by atoms with E-state index in [0.29, 0.717) is 22.7 Å². The predicted molar refractivity (Wildman–Crippen MR) is 136 cm³/mol. The quantitative estimate of drug-likeness (QED) is 0.262. The molecule has 1 amide bonds. The average Bonchev–Trinajstić information content (AvgIpc) is 3.27. The molecule has 0 aliphatic carbocycles. The molecular weight excluding hydrogens is 505 g/mol. The van der Waals surface area contributed by atoms with Crippen LogP contribution in [0.4, 0.5) is 13.2 Å². The Morgan fingerprint density at radius 1 is 1.03 bits per heavy atom. The van der Waals surface area contributed by atoms with E-state index in [0.717, 1.165) is 23.1 Å². The van der Waals surface area contributed by atoms with Gasteiger partial charge in [-0.25, -0.2) is 0 Å². The van der Waals surface area contributed by atoms with E-state index < -0.39 is 29.3 Å². The highest BCUT2D eigenvalue weighted by Gasteiger charge is 2.35. The number of halogens is 4. The third kappa shape index (κ3) is 6.25. The van der Waals surface area contributed by atoms with Crippen LogP contribution < -0.4 is 10.1 Å². The lowest BCUT2D eigenvalue weighted by Gasteiger charge is -2.30. The van der Waals surface area contributed by atoms with E-state index in [1.54, 1.807) is 26.0 Å². The van der Waals surface area contributed by atoms with Gasteiger partial charge in [0.1, 0.15) is 5.75 Å². The maximum atomic E-state index is 13.3. The number of nitrogens with one attached hydrogen (secondary N) is 1. The van der Waals surface area contributed by atoms with Crippen LogP contribution in [0.15, 0.2) is 77.3 Å². The van der Waals surface area contributed by atoms with Gasteiger partial charge in [-0.05, 0) is 81.3 Å². The van der Waals surface area contributed by atoms with E-state index in [2.05, 4.69) is 10.5 Å². The summed E-state index contributed by atoms with van der Waals surface area (Å²) < 4.78 is 49.9. The standard InChI is InChI=1S/C28H26ClF3N2O3/c1-17(33-26(35)27(2,3)36-21-14-10-19(11-15-21)28(30,31)32)23(16-18-8-12-20(29)13-9-18)25-22-6-4-5-7-24(22)37-34-25/h4-15,17,23H,16H2,1-3H3,(H,33,35). The number of hydrogen-bond donors (Lipinski definition) is 1. The minimum atomic E-state index is -4.45. The molecule has 4 rings (SSSR count). The van der Waals surface area contributed by atoms with Gasteiger partial charge >= 0.3 is 6.18 Å². The van der Waals surface area contributed by atoms with Crippen LogP contribution in [0.5, 0.6) is 5.75 Å². The number of para-hydroxylation sites is 1. The second-order valence-corrected chi connectivity index (χ2v) is 9.83. The van der Waals surface area contributed by atoms with Gasteiger partial charge in [-0.1, -0.05) is 41.0 Å². The maximum Gasteiger partial charge on any atom is 0.416 e. The summed E-state index contributed by atoms with van der Waals surface area (Å²) in [6.45, 7) is 5.00. The number of fused-ring (bicyclic) bond motifs is 1. The fourth-order valence-corrected chi connectivity index (χ4v) is 4.22. The van der Waals surface area contributed by atoms with Crippen LogP contribution in [0.3, 0.4) is 0 Å². The summed E-state index contributed by atoms with van der Waals surface area (Å²) in [5.74, 6) is -0.523. The molecule has 0 saturated heterocycles. The highest BCUT2D eigenvalue weighted by Crippen LogP contribution is 2.32. The first-order valence-electron chi connectivity index (χ1n) is 11.7. The Morgan fingerprint density at radius 3 is 2.32 bits per heavy atom. The van der Waals surface area contributed by atoms with Gasteiger partial charge in [-0.15, -0.1) is 0 Å². The topological polar surface area (TPSA) is 64.4 Å². The number of amides is 1. The number of aromatic nitrogens is 1. The summed E-state index contributed by atoms with van der Waals surface area (Å²) in [5.41, 5.74) is 0.205. The summed E-state index contributed by atoms with van der Waals surface area (Å²) in [7, 11) is 0. The number of carbonyl (C=O) groups is 1. The van der Waals surface area contributed by atoms with Gasteiger partial charge in [0.05, 0.1) is 11.3 Å². The monoisotopic (exact) mass is 530 g/mol. The number of hydrogen-bond acceptors (Lipinski definition) is 4. The molecule has 3 aromatic carbocycles. The molecule has 2 unspecified atom stereocenters. The van der Waals surface area contributed by atoms with Gasteiger partial charge in [0.25, 0.3) is 5.91 Å². The average molecular weight is 531 g/mol. The molecule has 9 heteroatoms. The van der Waals surface area contributed by atoms with Crippen LogP contribution in [-0.4, -0.2) is 22.7 Å². The molecule has 0 fully saturated rings. The Balaban J connectivity index is 1.55. The van der Waals surface area contributed by atoms with Crippen molar-refractivity contribution in [1.82, 2.24) is 10.5 Å². The van der Waals surface area contributed by atoms with Crippen molar-refractivity contribution in [3.8, 4) is 5.75 Å². The van der Waals surface area contributed by atoms with Gasteiger partial charge in [0, 0.05) is 22.4 Å². The first-order valence-corrected chi connectivity index (χ1v) is 12.1. The zero-order chi connectivity index (χ0) is 26.8. The molecule has 0 saturated carbocycles. The third-order valence-corrected chi connectivity index (χ3v) is 6.44. The Kier molecular flexibility index (Phi) is 7.50. The molecule has 4 aromatic rings. The number of ether oxygens (including phenoxy) is 1. The van der Waals surface area contributed by atoms with Crippen LogP contribution in [-0.2, 0) is 17.4 Å². The highest BCUT2D eigenvalue weighted by molar-refractivity contribution is 6.30. The number of benzene rings is 3. The van der Waals surface area contributed by atoms with Crippen molar-refractivity contribution in [2.24, 2.45) is 0 Å². The Morgan fingerprint density at radius 2 is 1.68 bits per heavy atom. The normalized spacial score (nSPS) is 13.8. The van der Waals surface area contributed by atoms with Crippen molar-refractivity contribution >= 4 is 28.5 Å². The summed E-state index contributed by atoms with van der Waals surface area (Å²) in [4.78, 5) is 13.3. The van der Waals surface area contributed by atoms with E-state index in [1.165, 1.54) is 12.1 Å². The minimum absolute atomic E-state index is 0.154. The van der Waals surface area contributed by atoms with Crippen molar-refractivity contribution in [3.05, 3.63) is 94.6 Å². The van der Waals surface area contributed by atoms with E-state index >= 15 is 0 Å². The summed E-state index contributed by atoms with van der Waals surface area (Å²) >= 11 is 6.05. The van der Waals surface area contributed by atoms with Crippen LogP contribution in [0, 0.1) is 0 Å². The number of nitrogens with zero attached hydrogens (tertiary/aromatic N) is 1. The van der Waals surface area contributed by atoms with Crippen LogP contribution >= 0.6 is 11.6 Å². The maximum absolute atomic E-state index is 13.3. The smallest absolute Gasteiger partial charge is 0.416 e. The Hall–Kier alpha value is -3.52. The molecule has 37 heavy (non-hydrogen) atoms. The summed E-state index contributed by atoms with van der Waals surface area (Å²) in [6, 6.07) is 18.8. The van der Waals surface area contributed by atoms with Gasteiger partial charge in [0.15, 0.2) is 11.2 Å². The second-order valence-electron chi connectivity index (χ2n) is 9.40. The number of alkyl halides is 3. The summed E-state index contributed by atoms with van der Waals surface area (Å²) in [6.07, 6.45) is -3.90. The van der Waals surface area contributed by atoms with Gasteiger partial charge in [-0.3, -0.25) is 4.79 Å². The molecule has 2 atom stereocenters. The zero-order valence-corrected chi connectivity index (χ0v) is 21.2. The number of rotatable bonds is 8. The van der Waals surface area contributed by atoms with E-state index in [9.17, 15) is 18.0 Å². The third-order valence-electron chi connectivity index (χ3n) is 6.19. The Labute approximate surface area is 217 Å². The fraction of sp³-hybridized carbons (Fsp3) is 0.286. The van der Waals surface area contributed by atoms with E-state index in [1.807, 2.05) is 43.3 Å². The molecule has 0 spiro atoms. The molecule has 0 radical (unpaired) electrons. The first-order chi connectivity index (χ1) is 17.4. The molecular formula is C28H26ClF3N2O3. The Bertz CT molecular complexity index is 1370. The SMILES string of the molecule is CC(NC(=O)C(C)(C)Oc1ccc(C(F)(F)F)cc1)C(Cc1ccc(Cl)cc1)c1noc2ccccc12. The molecule has 5 nitrogen and oxygen atoms in total. The van der Waals surface area contributed by atoms with Crippen LogP contribution in [0.1, 0.15) is 43.5 Å². The zero-order valence-electron chi connectivity index (χ0n) is 20.5. The molecule has 1 aromatic heterocycles. The van der Waals surface area contributed by atoms with E-state index in [-0.39, 0.29) is 11.7 Å². The van der Waals surface area contributed by atoms with Crippen molar-refractivity contribution in [2.45, 2.75) is 50.9 Å². The minimum Gasteiger partial charge on any atom is -0.478 e. The van der Waals surface area contributed by atoms with Crippen molar-refractivity contribution in [1.29, 1.82) is 0 Å². The number of carbonyl (C=O) groups excluding carboxylic acids is 1. The molecule has 0 aliphatic heterocycles. The van der Waals surface area contributed by atoms with Crippen molar-refractivity contribution in [2.75, 3.05) is 0 Å². The molecule has 0 bridgehead atoms. The van der Waals surface area contributed by atoms with Gasteiger partial charge in [-0.2, -0.15) is 13.2 Å². The molecule has 1 heterocycles. The lowest BCUT2D eigenvalue weighted by molar-refractivity contribution is -0.138. The largest absolute Gasteiger partial charge is 0.478 e. The predicted octanol–water partition coefficient (Wildman–Crippen LogP) is 7.19. The van der Waals surface area contributed by atoms with Crippen LogP contribution in [0.25, 0.3) is 11.0 Å².